The van der Waals surface area contributed by atoms with Gasteiger partial charge in [0.25, 0.3) is 0 Å². The fraction of sp³-hybridized carbons (Fsp3) is 0.333. The van der Waals surface area contributed by atoms with Crippen LogP contribution in [0.5, 0.6) is 0 Å². The maximum Gasteiger partial charge on any atom is 0.343 e. The Kier molecular flexibility index (Phi) is 4.84. The van der Waals surface area contributed by atoms with Gasteiger partial charge in [-0.15, -0.1) is 5.10 Å². The molecule has 0 aliphatic heterocycles. The van der Waals surface area contributed by atoms with Crippen LogP contribution in [0.25, 0.3) is 0 Å². The fourth-order valence-corrected chi connectivity index (χ4v) is 3.16. The Bertz CT molecular complexity index is 624. The topological polar surface area (TPSA) is 70.9 Å². The number of aliphatic hydroxyl groups excluding tert-OH is 1. The highest BCUT2D eigenvalue weighted by molar-refractivity contribution is 9.10. The molecule has 0 atom stereocenters. The molecule has 0 aliphatic rings. The Morgan fingerprint density at radius 2 is 2.32 bits per heavy atom. The minimum absolute atomic E-state index is 0.00644. The molecule has 0 spiro atoms. The number of aliphatic hydroxyl groups is 1. The Hall–Kier alpha value is -1.05. The van der Waals surface area contributed by atoms with Gasteiger partial charge in [0, 0.05) is 15.9 Å². The van der Waals surface area contributed by atoms with E-state index in [2.05, 4.69) is 26.1 Å². The molecule has 1 aromatic heterocycles. The first-order valence-electron chi connectivity index (χ1n) is 5.88. The SMILES string of the molecule is CCCn1c(Sc2ccc(CO)cc2Br)n[nH]c1=O. The van der Waals surface area contributed by atoms with Crippen molar-refractivity contribution in [2.45, 2.75) is 36.5 Å². The monoisotopic (exact) mass is 343 g/mol. The van der Waals surface area contributed by atoms with Crippen LogP contribution in [0.1, 0.15) is 18.9 Å². The zero-order valence-electron chi connectivity index (χ0n) is 10.4. The highest BCUT2D eigenvalue weighted by Crippen LogP contribution is 2.32. The number of H-pyrrole nitrogens is 1. The van der Waals surface area contributed by atoms with Crippen molar-refractivity contribution in [2.24, 2.45) is 0 Å². The number of hydrogen-bond donors (Lipinski definition) is 2. The Morgan fingerprint density at radius 3 is 2.95 bits per heavy atom. The molecule has 0 unspecified atom stereocenters. The molecule has 2 N–H and O–H groups in total. The van der Waals surface area contributed by atoms with Gasteiger partial charge in [0.2, 0.25) is 0 Å². The zero-order valence-corrected chi connectivity index (χ0v) is 12.8. The van der Waals surface area contributed by atoms with Crippen LogP contribution in [-0.4, -0.2) is 19.9 Å². The average Bonchev–Trinajstić information content (AvgIpc) is 2.74. The second kappa shape index (κ2) is 6.40. The molecule has 7 heteroatoms. The number of aromatic amines is 1. The first kappa shape index (κ1) is 14.4. The van der Waals surface area contributed by atoms with Crippen LogP contribution in [0, 0.1) is 0 Å². The van der Waals surface area contributed by atoms with Gasteiger partial charge in [-0.25, -0.2) is 9.89 Å². The second-order valence-corrected chi connectivity index (χ2v) is 5.85. The van der Waals surface area contributed by atoms with Crippen molar-refractivity contribution in [1.82, 2.24) is 14.8 Å². The molecule has 19 heavy (non-hydrogen) atoms. The van der Waals surface area contributed by atoms with Crippen molar-refractivity contribution in [1.29, 1.82) is 0 Å². The lowest BCUT2D eigenvalue weighted by atomic mass is 10.2. The van der Waals surface area contributed by atoms with Gasteiger partial charge in [-0.2, -0.15) is 0 Å². The molecule has 0 radical (unpaired) electrons. The maximum atomic E-state index is 11.6. The molecule has 2 rings (SSSR count). The van der Waals surface area contributed by atoms with Crippen LogP contribution in [0.2, 0.25) is 0 Å². The van der Waals surface area contributed by atoms with E-state index in [9.17, 15) is 4.79 Å². The van der Waals surface area contributed by atoms with E-state index in [1.54, 1.807) is 4.57 Å². The van der Waals surface area contributed by atoms with Crippen LogP contribution in [-0.2, 0) is 13.2 Å². The largest absolute Gasteiger partial charge is 0.392 e. The van der Waals surface area contributed by atoms with Crippen LogP contribution < -0.4 is 5.69 Å². The summed E-state index contributed by atoms with van der Waals surface area (Å²) < 4.78 is 2.50. The average molecular weight is 344 g/mol. The summed E-state index contributed by atoms with van der Waals surface area (Å²) in [4.78, 5) is 12.5. The van der Waals surface area contributed by atoms with Gasteiger partial charge in [-0.3, -0.25) is 4.57 Å². The lowest BCUT2D eigenvalue weighted by Gasteiger charge is -2.06. The summed E-state index contributed by atoms with van der Waals surface area (Å²) >= 11 is 4.87. The predicted octanol–water partition coefficient (Wildman–Crippen LogP) is 2.39. The lowest BCUT2D eigenvalue weighted by Crippen LogP contribution is -2.17. The summed E-state index contributed by atoms with van der Waals surface area (Å²) in [6.45, 7) is 2.66. The van der Waals surface area contributed by atoms with Gasteiger partial charge in [-0.1, -0.05) is 13.0 Å². The summed E-state index contributed by atoms with van der Waals surface area (Å²) in [7, 11) is 0. The molecule has 0 fully saturated rings. The number of hydrogen-bond acceptors (Lipinski definition) is 4. The number of rotatable bonds is 5. The number of halogens is 1. The van der Waals surface area contributed by atoms with E-state index in [0.29, 0.717) is 11.7 Å². The first-order valence-corrected chi connectivity index (χ1v) is 7.49. The lowest BCUT2D eigenvalue weighted by molar-refractivity contribution is 0.281. The fourth-order valence-electron chi connectivity index (χ4n) is 1.63. The van der Waals surface area contributed by atoms with E-state index in [1.165, 1.54) is 11.8 Å². The van der Waals surface area contributed by atoms with Crippen molar-refractivity contribution < 1.29 is 5.11 Å². The van der Waals surface area contributed by atoms with Crippen molar-refractivity contribution in [3.63, 3.8) is 0 Å². The molecule has 0 aliphatic carbocycles. The molecular formula is C12H14BrN3O2S. The Labute approximate surface area is 123 Å². The molecule has 0 saturated carbocycles. The zero-order chi connectivity index (χ0) is 13.8. The highest BCUT2D eigenvalue weighted by atomic mass is 79.9. The number of nitrogens with one attached hydrogen (secondary N) is 1. The van der Waals surface area contributed by atoms with Gasteiger partial charge in [0.05, 0.1) is 6.61 Å². The van der Waals surface area contributed by atoms with Crippen molar-refractivity contribution in [3.05, 3.63) is 38.7 Å². The van der Waals surface area contributed by atoms with Crippen LogP contribution in [0.4, 0.5) is 0 Å². The third kappa shape index (κ3) is 3.29. The van der Waals surface area contributed by atoms with Gasteiger partial charge < -0.3 is 5.11 Å². The van der Waals surface area contributed by atoms with E-state index in [-0.39, 0.29) is 12.3 Å². The van der Waals surface area contributed by atoms with E-state index >= 15 is 0 Å². The third-order valence-electron chi connectivity index (χ3n) is 2.55. The molecule has 2 aromatic rings. The molecular weight excluding hydrogens is 330 g/mol. The van der Waals surface area contributed by atoms with Gasteiger partial charge in [0.1, 0.15) is 0 Å². The smallest absolute Gasteiger partial charge is 0.343 e. The minimum atomic E-state index is -0.188. The van der Waals surface area contributed by atoms with Crippen LogP contribution in [0.3, 0.4) is 0 Å². The molecule has 0 amide bonds. The molecule has 102 valence electrons. The van der Waals surface area contributed by atoms with Crippen molar-refractivity contribution in [3.8, 4) is 0 Å². The maximum absolute atomic E-state index is 11.6. The van der Waals surface area contributed by atoms with E-state index in [1.807, 2.05) is 25.1 Å². The van der Waals surface area contributed by atoms with E-state index in [4.69, 9.17) is 5.11 Å². The Balaban J connectivity index is 2.28. The van der Waals surface area contributed by atoms with Crippen LogP contribution in [0.15, 0.2) is 37.5 Å². The molecule has 0 bridgehead atoms. The van der Waals surface area contributed by atoms with E-state index < -0.39 is 0 Å². The standard InChI is InChI=1S/C12H14BrN3O2S/c1-2-5-16-11(18)14-15-12(16)19-10-4-3-8(7-17)6-9(10)13/h3-4,6,17H,2,5,7H2,1H3,(H,14,18). The normalized spacial score (nSPS) is 10.9. The van der Waals surface area contributed by atoms with Gasteiger partial charge >= 0.3 is 5.69 Å². The first-order chi connectivity index (χ1) is 9.15. The van der Waals surface area contributed by atoms with Crippen molar-refractivity contribution >= 4 is 27.7 Å². The van der Waals surface area contributed by atoms with Crippen LogP contribution >= 0.6 is 27.7 Å². The summed E-state index contributed by atoms with van der Waals surface area (Å²) in [5, 5.41) is 16.2. The van der Waals surface area contributed by atoms with Gasteiger partial charge in [-0.05, 0) is 51.8 Å². The molecule has 1 aromatic carbocycles. The molecule has 0 saturated heterocycles. The summed E-state index contributed by atoms with van der Waals surface area (Å²) in [5.74, 6) is 0. The number of aromatic nitrogens is 3. The van der Waals surface area contributed by atoms with E-state index in [0.717, 1.165) is 21.4 Å². The summed E-state index contributed by atoms with van der Waals surface area (Å²) in [6.07, 6.45) is 0.873. The second-order valence-electron chi connectivity index (χ2n) is 3.99. The minimum Gasteiger partial charge on any atom is -0.392 e. The predicted molar refractivity (Wildman–Crippen MR) is 77.3 cm³/mol. The van der Waals surface area contributed by atoms with Gasteiger partial charge in [0.15, 0.2) is 5.16 Å². The number of benzene rings is 1. The Morgan fingerprint density at radius 1 is 1.53 bits per heavy atom. The number of nitrogens with zero attached hydrogens (tertiary/aromatic N) is 2. The summed E-state index contributed by atoms with van der Waals surface area (Å²) in [6, 6.07) is 5.61. The third-order valence-corrected chi connectivity index (χ3v) is 4.54. The van der Waals surface area contributed by atoms with Crippen molar-refractivity contribution in [2.75, 3.05) is 0 Å². The highest BCUT2D eigenvalue weighted by Gasteiger charge is 2.11. The molecule has 1 heterocycles. The summed E-state index contributed by atoms with van der Waals surface area (Å²) in [5.41, 5.74) is 0.650. The molecule has 5 nitrogen and oxygen atoms in total. The quantitative estimate of drug-likeness (QED) is 0.874.